The lowest BCUT2D eigenvalue weighted by Crippen LogP contribution is -2.42. The number of ether oxygens (including phenoxy) is 1. The van der Waals surface area contributed by atoms with Crippen LogP contribution >= 0.6 is 0 Å². The van der Waals surface area contributed by atoms with Crippen molar-refractivity contribution in [3.63, 3.8) is 0 Å². The summed E-state index contributed by atoms with van der Waals surface area (Å²) in [7, 11) is 3.83. The summed E-state index contributed by atoms with van der Waals surface area (Å²) in [6.45, 7) is 12.4. The Labute approximate surface area is 158 Å². The molecule has 0 atom stereocenters. The monoisotopic (exact) mass is 371 g/mol. The predicted molar refractivity (Wildman–Crippen MR) is 103 cm³/mol. The number of rotatable bonds is 9. The van der Waals surface area contributed by atoms with E-state index < -0.39 is 17.0 Å². The van der Waals surface area contributed by atoms with E-state index in [9.17, 15) is 14.4 Å². The minimum atomic E-state index is -0.579. The van der Waals surface area contributed by atoms with Crippen LogP contribution in [0.25, 0.3) is 0 Å². The van der Waals surface area contributed by atoms with Gasteiger partial charge in [0, 0.05) is 31.5 Å². The third-order valence-corrected chi connectivity index (χ3v) is 3.44. The summed E-state index contributed by atoms with van der Waals surface area (Å²) in [6.07, 6.45) is 0.814. The smallest absolute Gasteiger partial charge is 0.326 e. The van der Waals surface area contributed by atoms with E-state index >= 15 is 0 Å². The van der Waals surface area contributed by atoms with Crippen molar-refractivity contribution in [2.24, 2.45) is 5.41 Å². The second-order valence-corrected chi connectivity index (χ2v) is 8.81. The average Bonchev–Trinajstić information content (AvgIpc) is 2.44. The Bertz CT molecular complexity index is 476. The molecule has 0 bridgehead atoms. The van der Waals surface area contributed by atoms with Crippen LogP contribution in [0.4, 0.5) is 0 Å². The Morgan fingerprint density at radius 2 is 1.54 bits per heavy atom. The summed E-state index contributed by atoms with van der Waals surface area (Å²) >= 11 is 0. The van der Waals surface area contributed by atoms with E-state index in [1.165, 1.54) is 4.90 Å². The molecule has 0 heterocycles. The van der Waals surface area contributed by atoms with Crippen LogP contribution in [-0.4, -0.2) is 73.5 Å². The average molecular weight is 372 g/mol. The first-order valence-corrected chi connectivity index (χ1v) is 9.15. The third-order valence-electron chi connectivity index (χ3n) is 3.44. The molecule has 0 aromatic carbocycles. The molecule has 0 saturated heterocycles. The first-order valence-electron chi connectivity index (χ1n) is 9.15. The molecule has 0 aliphatic carbocycles. The van der Waals surface area contributed by atoms with Crippen LogP contribution in [0, 0.1) is 5.41 Å². The predicted octanol–water partition coefficient (Wildman–Crippen LogP) is 1.66. The lowest BCUT2D eigenvalue weighted by Gasteiger charge is -2.26. The molecule has 0 spiro atoms. The van der Waals surface area contributed by atoms with E-state index in [4.69, 9.17) is 4.74 Å². The summed E-state index contributed by atoms with van der Waals surface area (Å²) in [5.74, 6) is -0.559. The molecule has 0 unspecified atom stereocenters. The fourth-order valence-corrected chi connectivity index (χ4v) is 2.01. The molecule has 0 aliphatic heterocycles. The highest BCUT2D eigenvalue weighted by Gasteiger charge is 2.23. The van der Waals surface area contributed by atoms with Crippen LogP contribution in [0.15, 0.2) is 0 Å². The Kier molecular flexibility index (Phi) is 9.84. The van der Waals surface area contributed by atoms with Gasteiger partial charge in [0.15, 0.2) is 0 Å². The summed E-state index contributed by atoms with van der Waals surface area (Å²) in [5, 5.41) is 2.83. The fraction of sp³-hybridized carbons (Fsp3) is 0.842. The van der Waals surface area contributed by atoms with Gasteiger partial charge in [0.1, 0.15) is 12.1 Å². The van der Waals surface area contributed by atoms with Gasteiger partial charge in [-0.15, -0.1) is 0 Å². The van der Waals surface area contributed by atoms with E-state index in [-0.39, 0.29) is 24.8 Å². The Balaban J connectivity index is 4.55. The van der Waals surface area contributed by atoms with Gasteiger partial charge in [0.25, 0.3) is 0 Å². The van der Waals surface area contributed by atoms with Crippen molar-refractivity contribution in [3.05, 3.63) is 0 Å². The van der Waals surface area contributed by atoms with Gasteiger partial charge in [0.05, 0.1) is 0 Å². The molecule has 152 valence electrons. The molecule has 7 heteroatoms. The normalized spacial score (nSPS) is 12.0. The lowest BCUT2D eigenvalue weighted by atomic mass is 9.96. The molecule has 26 heavy (non-hydrogen) atoms. The molecular weight excluding hydrogens is 334 g/mol. The number of hydrogen-bond donors (Lipinski definition) is 1. The largest absolute Gasteiger partial charge is 0.459 e. The van der Waals surface area contributed by atoms with Crippen molar-refractivity contribution in [2.45, 2.75) is 60.0 Å². The zero-order valence-corrected chi connectivity index (χ0v) is 17.8. The molecule has 0 fully saturated rings. The summed E-state index contributed by atoms with van der Waals surface area (Å²) in [4.78, 5) is 39.9. The van der Waals surface area contributed by atoms with Crippen LogP contribution in [-0.2, 0) is 19.1 Å². The summed E-state index contributed by atoms with van der Waals surface area (Å²) in [5.41, 5.74) is -1.02. The quantitative estimate of drug-likeness (QED) is 0.493. The van der Waals surface area contributed by atoms with Crippen molar-refractivity contribution in [3.8, 4) is 0 Å². The number of esters is 1. The first-order chi connectivity index (χ1) is 11.7. The zero-order valence-electron chi connectivity index (χ0n) is 17.8. The molecule has 0 aromatic heterocycles. The first kappa shape index (κ1) is 24.4. The van der Waals surface area contributed by atoms with Gasteiger partial charge in [-0.2, -0.15) is 0 Å². The van der Waals surface area contributed by atoms with Crippen LogP contribution in [0.5, 0.6) is 0 Å². The second kappa shape index (κ2) is 10.5. The zero-order chi connectivity index (χ0) is 20.5. The molecule has 2 amide bonds. The number of amides is 2. The lowest BCUT2D eigenvalue weighted by molar-refractivity contribution is -0.159. The van der Waals surface area contributed by atoms with Gasteiger partial charge in [0.2, 0.25) is 11.8 Å². The Morgan fingerprint density at radius 1 is 0.962 bits per heavy atom. The van der Waals surface area contributed by atoms with Gasteiger partial charge < -0.3 is 19.9 Å². The van der Waals surface area contributed by atoms with Crippen molar-refractivity contribution < 1.29 is 19.1 Å². The van der Waals surface area contributed by atoms with E-state index in [1.807, 2.05) is 39.8 Å². The molecule has 0 rings (SSSR count). The minimum absolute atomic E-state index is 0.0387. The molecule has 0 saturated carbocycles. The number of nitrogens with one attached hydrogen (secondary N) is 1. The molecular formula is C19H37N3O4. The molecule has 7 nitrogen and oxygen atoms in total. The minimum Gasteiger partial charge on any atom is -0.459 e. The van der Waals surface area contributed by atoms with Crippen molar-refractivity contribution in [1.29, 1.82) is 0 Å². The Hall–Kier alpha value is -1.63. The molecule has 0 radical (unpaired) electrons. The van der Waals surface area contributed by atoms with Crippen LogP contribution < -0.4 is 5.32 Å². The van der Waals surface area contributed by atoms with Crippen molar-refractivity contribution in [2.75, 3.05) is 40.3 Å². The number of nitrogens with zero attached hydrogens (tertiary/aromatic N) is 2. The SMILES string of the molecule is CN(C)CCN(CC(=O)OC(C)(C)C)C(=O)CCCNC(=O)C(C)(C)C. The molecule has 0 aliphatic rings. The summed E-state index contributed by atoms with van der Waals surface area (Å²) in [6, 6.07) is 0. The third kappa shape index (κ3) is 11.8. The van der Waals surface area contributed by atoms with E-state index in [0.717, 1.165) is 0 Å². The maximum Gasteiger partial charge on any atom is 0.326 e. The number of carbonyl (C=O) groups excluding carboxylic acids is 3. The van der Waals surface area contributed by atoms with Gasteiger partial charge in [-0.1, -0.05) is 20.8 Å². The van der Waals surface area contributed by atoms with Gasteiger partial charge >= 0.3 is 5.97 Å². The maximum atomic E-state index is 12.5. The Morgan fingerprint density at radius 3 is 2.00 bits per heavy atom. The molecule has 1 N–H and O–H groups in total. The number of likely N-dealkylation sites (N-methyl/N-ethyl adjacent to an activating group) is 1. The van der Waals surface area contributed by atoms with E-state index in [1.54, 1.807) is 20.8 Å². The summed E-state index contributed by atoms with van der Waals surface area (Å²) < 4.78 is 5.32. The second-order valence-electron chi connectivity index (χ2n) is 8.81. The highest BCUT2D eigenvalue weighted by atomic mass is 16.6. The maximum absolute atomic E-state index is 12.5. The number of hydrogen-bond acceptors (Lipinski definition) is 5. The molecule has 0 aromatic rings. The van der Waals surface area contributed by atoms with Crippen LogP contribution in [0.2, 0.25) is 0 Å². The van der Waals surface area contributed by atoms with E-state index in [2.05, 4.69) is 5.32 Å². The van der Waals surface area contributed by atoms with Gasteiger partial charge in [-0.05, 0) is 41.3 Å². The van der Waals surface area contributed by atoms with Gasteiger partial charge in [-0.25, -0.2) is 0 Å². The standard InChI is InChI=1S/C19H37N3O4/c1-18(2,3)17(25)20-11-9-10-15(23)22(13-12-21(7)8)14-16(24)26-19(4,5)6/h9-14H2,1-8H3,(H,20,25). The van der Waals surface area contributed by atoms with Gasteiger partial charge in [-0.3, -0.25) is 14.4 Å². The topological polar surface area (TPSA) is 79.0 Å². The van der Waals surface area contributed by atoms with Crippen LogP contribution in [0.3, 0.4) is 0 Å². The van der Waals surface area contributed by atoms with E-state index in [0.29, 0.717) is 26.1 Å². The fourth-order valence-electron chi connectivity index (χ4n) is 2.01. The highest BCUT2D eigenvalue weighted by Crippen LogP contribution is 2.12. The van der Waals surface area contributed by atoms with Crippen molar-refractivity contribution in [1.82, 2.24) is 15.1 Å². The number of carbonyl (C=O) groups is 3. The van der Waals surface area contributed by atoms with Crippen molar-refractivity contribution >= 4 is 17.8 Å². The van der Waals surface area contributed by atoms with Crippen LogP contribution in [0.1, 0.15) is 54.4 Å². The highest BCUT2D eigenvalue weighted by molar-refractivity contribution is 5.83.